The maximum atomic E-state index is 12.7. The number of ether oxygens (including phenoxy) is 1. The zero-order valence-corrected chi connectivity index (χ0v) is 16.1. The van der Waals surface area contributed by atoms with Gasteiger partial charge in [-0.2, -0.15) is 0 Å². The lowest BCUT2D eigenvalue weighted by Crippen LogP contribution is -2.41. The van der Waals surface area contributed by atoms with E-state index in [2.05, 4.69) is 26.6 Å². The highest BCUT2D eigenvalue weighted by Crippen LogP contribution is 2.21. The highest BCUT2D eigenvalue weighted by atomic mass is 79.9. The van der Waals surface area contributed by atoms with Gasteiger partial charge in [-0.15, -0.1) is 0 Å². The van der Waals surface area contributed by atoms with Crippen molar-refractivity contribution in [3.63, 3.8) is 0 Å². The van der Waals surface area contributed by atoms with Gasteiger partial charge in [0.2, 0.25) is 0 Å². The van der Waals surface area contributed by atoms with Crippen molar-refractivity contribution >= 4 is 33.4 Å². The van der Waals surface area contributed by atoms with Gasteiger partial charge in [0.1, 0.15) is 0 Å². The van der Waals surface area contributed by atoms with E-state index < -0.39 is 0 Å². The fraction of sp³-hybridized carbons (Fsp3) is 0.300. The molecule has 26 heavy (non-hydrogen) atoms. The largest absolute Gasteiger partial charge is 0.376 e. The van der Waals surface area contributed by atoms with Crippen LogP contribution in [0.4, 0.5) is 5.69 Å². The average Bonchev–Trinajstić information content (AvgIpc) is 3.17. The Morgan fingerprint density at radius 3 is 2.46 bits per heavy atom. The molecule has 5 nitrogen and oxygen atoms in total. The fourth-order valence-corrected chi connectivity index (χ4v) is 3.46. The Morgan fingerprint density at radius 2 is 1.77 bits per heavy atom. The Balaban J connectivity index is 1.74. The maximum absolute atomic E-state index is 12.7. The lowest BCUT2D eigenvalue weighted by Gasteiger charge is -2.21. The van der Waals surface area contributed by atoms with Crippen LogP contribution in [0.2, 0.25) is 0 Å². The summed E-state index contributed by atoms with van der Waals surface area (Å²) in [4.78, 5) is 25.2. The van der Waals surface area contributed by atoms with Crippen molar-refractivity contribution in [2.24, 2.45) is 0 Å². The molecule has 2 N–H and O–H groups in total. The van der Waals surface area contributed by atoms with Crippen molar-refractivity contribution in [3.05, 3.63) is 64.1 Å². The first-order valence-electron chi connectivity index (χ1n) is 8.63. The van der Waals surface area contributed by atoms with Crippen molar-refractivity contribution in [1.29, 1.82) is 0 Å². The molecule has 1 aliphatic rings. The minimum Gasteiger partial charge on any atom is -0.376 e. The quantitative estimate of drug-likeness (QED) is 0.773. The summed E-state index contributed by atoms with van der Waals surface area (Å²) in [5.41, 5.74) is 1.42. The van der Waals surface area contributed by atoms with E-state index in [4.69, 9.17) is 4.74 Å². The lowest BCUT2D eigenvalue weighted by atomic mass is 10.1. The SMILES string of the molecule is CC(NC(=O)c1ccccc1NC(=O)c1ccccc1Br)C1CCCO1. The summed E-state index contributed by atoms with van der Waals surface area (Å²) in [6.45, 7) is 2.68. The van der Waals surface area contributed by atoms with Crippen molar-refractivity contribution in [1.82, 2.24) is 5.32 Å². The topological polar surface area (TPSA) is 67.4 Å². The molecule has 2 atom stereocenters. The first kappa shape index (κ1) is 18.6. The highest BCUT2D eigenvalue weighted by Gasteiger charge is 2.25. The first-order chi connectivity index (χ1) is 12.6. The Labute approximate surface area is 161 Å². The second kappa shape index (κ2) is 8.47. The molecule has 0 radical (unpaired) electrons. The summed E-state index contributed by atoms with van der Waals surface area (Å²) in [7, 11) is 0. The average molecular weight is 417 g/mol. The minimum atomic E-state index is -0.273. The first-order valence-corrected chi connectivity index (χ1v) is 9.43. The molecule has 0 aliphatic carbocycles. The van der Waals surface area contributed by atoms with E-state index >= 15 is 0 Å². The molecule has 2 aromatic carbocycles. The van der Waals surface area contributed by atoms with E-state index in [1.54, 1.807) is 42.5 Å². The Morgan fingerprint density at radius 1 is 1.08 bits per heavy atom. The Hall–Kier alpha value is -2.18. The predicted octanol–water partition coefficient (Wildman–Crippen LogP) is 4.00. The summed E-state index contributed by atoms with van der Waals surface area (Å²) in [6.07, 6.45) is 2.01. The van der Waals surface area contributed by atoms with Gasteiger partial charge in [-0.05, 0) is 60.0 Å². The van der Waals surface area contributed by atoms with Gasteiger partial charge in [-0.25, -0.2) is 0 Å². The van der Waals surface area contributed by atoms with E-state index in [0.29, 0.717) is 21.3 Å². The minimum absolute atomic E-state index is 0.0426. The molecule has 2 aromatic rings. The molecule has 2 amide bonds. The van der Waals surface area contributed by atoms with Crippen molar-refractivity contribution < 1.29 is 14.3 Å². The van der Waals surface area contributed by atoms with Crippen LogP contribution in [0, 0.1) is 0 Å². The lowest BCUT2D eigenvalue weighted by molar-refractivity contribution is 0.0713. The van der Waals surface area contributed by atoms with Crippen LogP contribution >= 0.6 is 15.9 Å². The van der Waals surface area contributed by atoms with Crippen LogP contribution in [0.3, 0.4) is 0 Å². The van der Waals surface area contributed by atoms with Gasteiger partial charge in [0.05, 0.1) is 29.0 Å². The van der Waals surface area contributed by atoms with Crippen LogP contribution in [0.25, 0.3) is 0 Å². The summed E-state index contributed by atoms with van der Waals surface area (Å²) in [5.74, 6) is -0.499. The number of hydrogen-bond donors (Lipinski definition) is 2. The third-order valence-electron chi connectivity index (χ3n) is 4.42. The number of carbonyl (C=O) groups excluding carboxylic acids is 2. The standard InChI is InChI=1S/C20H21BrN2O3/c1-13(18-11-6-12-26-18)22-20(25)15-8-3-5-10-17(15)23-19(24)14-7-2-4-9-16(14)21/h2-5,7-10,13,18H,6,11-12H2,1H3,(H,22,25)(H,23,24). The number of amides is 2. The smallest absolute Gasteiger partial charge is 0.256 e. The molecule has 1 fully saturated rings. The number of carbonyl (C=O) groups is 2. The van der Waals surface area contributed by atoms with Crippen LogP contribution in [-0.4, -0.2) is 30.6 Å². The van der Waals surface area contributed by atoms with E-state index in [9.17, 15) is 9.59 Å². The zero-order chi connectivity index (χ0) is 18.5. The summed E-state index contributed by atoms with van der Waals surface area (Å²) in [6, 6.07) is 14.1. The number of benzene rings is 2. The monoisotopic (exact) mass is 416 g/mol. The van der Waals surface area contributed by atoms with Crippen LogP contribution in [0.1, 0.15) is 40.5 Å². The van der Waals surface area contributed by atoms with E-state index in [0.717, 1.165) is 19.4 Å². The molecule has 6 heteroatoms. The molecule has 1 saturated heterocycles. The van der Waals surface area contributed by atoms with Crippen LogP contribution < -0.4 is 10.6 Å². The number of halogens is 1. The van der Waals surface area contributed by atoms with E-state index in [-0.39, 0.29) is 24.0 Å². The van der Waals surface area contributed by atoms with Crippen LogP contribution in [-0.2, 0) is 4.74 Å². The summed E-state index contributed by atoms with van der Waals surface area (Å²) < 4.78 is 6.33. The zero-order valence-electron chi connectivity index (χ0n) is 14.5. The molecule has 0 bridgehead atoms. The molecule has 0 aromatic heterocycles. The van der Waals surface area contributed by atoms with Gasteiger partial charge >= 0.3 is 0 Å². The van der Waals surface area contributed by atoms with E-state index in [1.807, 2.05) is 13.0 Å². The molecule has 2 unspecified atom stereocenters. The third-order valence-corrected chi connectivity index (χ3v) is 5.11. The molecule has 0 spiro atoms. The van der Waals surface area contributed by atoms with Crippen molar-refractivity contribution in [3.8, 4) is 0 Å². The second-order valence-electron chi connectivity index (χ2n) is 6.29. The third kappa shape index (κ3) is 4.31. The summed E-state index contributed by atoms with van der Waals surface area (Å²) in [5, 5.41) is 5.81. The summed E-state index contributed by atoms with van der Waals surface area (Å²) >= 11 is 3.37. The van der Waals surface area contributed by atoms with Gasteiger partial charge in [0.25, 0.3) is 11.8 Å². The number of anilines is 1. The predicted molar refractivity (Wildman–Crippen MR) is 104 cm³/mol. The molecule has 0 saturated carbocycles. The fourth-order valence-electron chi connectivity index (χ4n) is 3.00. The molecule has 1 aliphatic heterocycles. The maximum Gasteiger partial charge on any atom is 0.256 e. The molecular formula is C20H21BrN2O3. The number of hydrogen-bond acceptors (Lipinski definition) is 3. The van der Waals surface area contributed by atoms with Crippen molar-refractivity contribution in [2.75, 3.05) is 11.9 Å². The van der Waals surface area contributed by atoms with Gasteiger partial charge < -0.3 is 15.4 Å². The number of para-hydroxylation sites is 1. The second-order valence-corrected chi connectivity index (χ2v) is 7.15. The number of rotatable bonds is 5. The van der Waals surface area contributed by atoms with Crippen LogP contribution in [0.15, 0.2) is 53.0 Å². The molecule has 3 rings (SSSR count). The van der Waals surface area contributed by atoms with Gasteiger partial charge in [-0.3, -0.25) is 9.59 Å². The van der Waals surface area contributed by atoms with Gasteiger partial charge in [0.15, 0.2) is 0 Å². The highest BCUT2D eigenvalue weighted by molar-refractivity contribution is 9.10. The normalized spacial score (nSPS) is 17.5. The number of nitrogens with one attached hydrogen (secondary N) is 2. The Kier molecular flexibility index (Phi) is 6.06. The van der Waals surface area contributed by atoms with Gasteiger partial charge in [0, 0.05) is 11.1 Å². The van der Waals surface area contributed by atoms with Crippen LogP contribution in [0.5, 0.6) is 0 Å². The van der Waals surface area contributed by atoms with Gasteiger partial charge in [-0.1, -0.05) is 24.3 Å². The Bertz CT molecular complexity index is 803. The molecular weight excluding hydrogens is 396 g/mol. The van der Waals surface area contributed by atoms with E-state index in [1.165, 1.54) is 0 Å². The molecule has 1 heterocycles. The molecule has 136 valence electrons. The van der Waals surface area contributed by atoms with Crippen molar-refractivity contribution in [2.45, 2.75) is 31.9 Å².